The van der Waals surface area contributed by atoms with Crippen LogP contribution in [-0.2, 0) is 21.2 Å². The van der Waals surface area contributed by atoms with E-state index in [0.717, 1.165) is 41.2 Å². The van der Waals surface area contributed by atoms with Gasteiger partial charge in [-0.2, -0.15) is 5.10 Å². The molecule has 11 heteroatoms. The van der Waals surface area contributed by atoms with Crippen molar-refractivity contribution in [2.75, 3.05) is 37.4 Å². The molecule has 1 N–H and O–H groups in total. The van der Waals surface area contributed by atoms with E-state index in [1.807, 2.05) is 18.2 Å². The molecule has 0 amide bonds. The number of nitrogens with zero attached hydrogens (tertiary/aromatic N) is 6. The number of fused-ring (bicyclic) bond motifs is 1. The number of morpholine rings is 1. The van der Waals surface area contributed by atoms with Crippen molar-refractivity contribution in [3.63, 3.8) is 0 Å². The van der Waals surface area contributed by atoms with Crippen molar-refractivity contribution in [1.29, 1.82) is 0 Å². The lowest BCUT2D eigenvalue weighted by Crippen LogP contribution is -2.47. The number of nitrogens with one attached hydrogen (secondary N) is 1. The first kappa shape index (κ1) is 19.7. The number of anilines is 1. The van der Waals surface area contributed by atoms with Gasteiger partial charge in [-0.05, 0) is 18.6 Å². The fourth-order valence-electron chi connectivity index (χ4n) is 3.23. The highest BCUT2D eigenvalue weighted by Crippen LogP contribution is 2.23. The van der Waals surface area contributed by atoms with E-state index in [2.05, 4.69) is 36.6 Å². The van der Waals surface area contributed by atoms with Crippen LogP contribution in [0.25, 0.3) is 17.0 Å². The molecule has 1 aliphatic rings. The summed E-state index contributed by atoms with van der Waals surface area (Å²) < 4.78 is 32.6. The molecule has 1 unspecified atom stereocenters. The summed E-state index contributed by atoms with van der Waals surface area (Å²) in [5.74, 6) is 0.754. The lowest BCUT2D eigenvalue weighted by Gasteiger charge is -2.33. The summed E-state index contributed by atoms with van der Waals surface area (Å²) in [6.45, 7) is 3.97. The van der Waals surface area contributed by atoms with E-state index in [9.17, 15) is 8.42 Å². The molecule has 0 bridgehead atoms. The molecule has 0 radical (unpaired) electrons. The van der Waals surface area contributed by atoms with Crippen LogP contribution in [0, 0.1) is 0 Å². The number of ether oxygens (including phenoxy) is 1. The van der Waals surface area contributed by atoms with E-state index in [-0.39, 0.29) is 12.6 Å². The minimum atomic E-state index is -3.26. The number of imidazole rings is 1. The van der Waals surface area contributed by atoms with Crippen LogP contribution in [0.4, 0.5) is 5.82 Å². The third-order valence-electron chi connectivity index (χ3n) is 4.73. The second kappa shape index (κ2) is 8.01. The van der Waals surface area contributed by atoms with E-state index in [1.54, 1.807) is 10.7 Å². The minimum absolute atomic E-state index is 0.226. The van der Waals surface area contributed by atoms with Gasteiger partial charge in [0.05, 0.1) is 36.6 Å². The van der Waals surface area contributed by atoms with Crippen molar-refractivity contribution in [2.24, 2.45) is 0 Å². The van der Waals surface area contributed by atoms with E-state index < -0.39 is 10.0 Å². The first-order valence-corrected chi connectivity index (χ1v) is 11.3. The second-order valence-electron chi connectivity index (χ2n) is 6.91. The molecule has 4 rings (SSSR count). The van der Waals surface area contributed by atoms with Crippen molar-refractivity contribution >= 4 is 21.5 Å². The number of aryl methyl sites for hydroxylation is 1. The van der Waals surface area contributed by atoms with Gasteiger partial charge in [0.1, 0.15) is 17.8 Å². The van der Waals surface area contributed by atoms with Crippen LogP contribution in [0.5, 0.6) is 0 Å². The van der Waals surface area contributed by atoms with E-state index in [4.69, 9.17) is 4.74 Å². The zero-order chi connectivity index (χ0) is 20.4. The molecule has 4 heterocycles. The van der Waals surface area contributed by atoms with Gasteiger partial charge in [0, 0.05) is 25.7 Å². The molecule has 1 atom stereocenters. The maximum atomic E-state index is 11.3. The Morgan fingerprint density at radius 3 is 2.93 bits per heavy atom. The number of rotatable bonds is 6. The Hall–Kier alpha value is -2.63. The highest BCUT2D eigenvalue weighted by molar-refractivity contribution is 7.88. The topological polar surface area (TPSA) is 115 Å². The van der Waals surface area contributed by atoms with Crippen LogP contribution in [-0.4, -0.2) is 71.6 Å². The highest BCUT2D eigenvalue weighted by Gasteiger charge is 2.23. The largest absolute Gasteiger partial charge is 0.373 e. The summed E-state index contributed by atoms with van der Waals surface area (Å²) in [7, 11) is -3.26. The fraction of sp³-hybridized carbons (Fsp3) is 0.444. The Balaban J connectivity index is 1.57. The van der Waals surface area contributed by atoms with Gasteiger partial charge in [-0.15, -0.1) is 0 Å². The molecule has 1 aliphatic heterocycles. The van der Waals surface area contributed by atoms with Gasteiger partial charge in [0.25, 0.3) is 0 Å². The van der Waals surface area contributed by atoms with Crippen LogP contribution in [0.2, 0.25) is 0 Å². The van der Waals surface area contributed by atoms with Gasteiger partial charge in [-0.25, -0.2) is 32.6 Å². The van der Waals surface area contributed by atoms with Crippen LogP contribution in [0.1, 0.15) is 12.6 Å². The fourth-order valence-corrected chi connectivity index (χ4v) is 3.72. The molecule has 3 aromatic heterocycles. The van der Waals surface area contributed by atoms with Crippen molar-refractivity contribution in [2.45, 2.75) is 19.4 Å². The zero-order valence-corrected chi connectivity index (χ0v) is 17.1. The second-order valence-corrected chi connectivity index (χ2v) is 8.75. The van der Waals surface area contributed by atoms with Crippen molar-refractivity contribution in [3.8, 4) is 11.4 Å². The number of aromatic nitrogens is 5. The minimum Gasteiger partial charge on any atom is -0.373 e. The zero-order valence-electron chi connectivity index (χ0n) is 16.3. The van der Waals surface area contributed by atoms with E-state index >= 15 is 0 Å². The summed E-state index contributed by atoms with van der Waals surface area (Å²) >= 11 is 0. The molecule has 1 fully saturated rings. The number of hydrogen-bond acceptors (Lipinski definition) is 8. The molecule has 0 aliphatic carbocycles. The molecular formula is C18H23N7O3S. The average molecular weight is 417 g/mol. The summed E-state index contributed by atoms with van der Waals surface area (Å²) in [5, 5.41) is 4.63. The molecule has 0 spiro atoms. The van der Waals surface area contributed by atoms with E-state index in [1.165, 1.54) is 6.33 Å². The van der Waals surface area contributed by atoms with Gasteiger partial charge in [-0.1, -0.05) is 6.92 Å². The van der Waals surface area contributed by atoms with Gasteiger partial charge in [-0.3, -0.25) is 0 Å². The van der Waals surface area contributed by atoms with Gasteiger partial charge >= 0.3 is 0 Å². The lowest BCUT2D eigenvalue weighted by atomic mass is 10.2. The maximum absolute atomic E-state index is 11.3. The van der Waals surface area contributed by atoms with Gasteiger partial charge in [0.2, 0.25) is 10.0 Å². The number of sulfonamides is 1. The SMILES string of the molecule is CCc1ccc2ncc(-c3cc(N4CCOC(CNS(C)(=O)=O)C4)ncn3)n2n1. The summed E-state index contributed by atoms with van der Waals surface area (Å²) in [4.78, 5) is 15.3. The predicted octanol–water partition coefficient (Wildman–Crippen LogP) is 0.503. The third kappa shape index (κ3) is 4.52. The number of hydrogen-bond donors (Lipinski definition) is 1. The predicted molar refractivity (Wildman–Crippen MR) is 108 cm³/mol. The maximum Gasteiger partial charge on any atom is 0.208 e. The molecule has 10 nitrogen and oxygen atoms in total. The summed E-state index contributed by atoms with van der Waals surface area (Å²) in [5.41, 5.74) is 3.25. The van der Waals surface area contributed by atoms with Gasteiger partial charge < -0.3 is 9.64 Å². The molecular weight excluding hydrogens is 394 g/mol. The molecule has 154 valence electrons. The molecule has 29 heavy (non-hydrogen) atoms. The molecule has 0 saturated carbocycles. The van der Waals surface area contributed by atoms with Crippen LogP contribution in [0.15, 0.2) is 30.7 Å². The molecule has 0 aromatic carbocycles. The Kier molecular flexibility index (Phi) is 5.43. The van der Waals surface area contributed by atoms with Crippen molar-refractivity contribution in [1.82, 2.24) is 29.3 Å². The standard InChI is InChI=1S/C18H23N7O3S/c1-3-13-4-5-17-19-10-16(25(17)23-13)15-8-18(21-12-20-15)24-6-7-28-14(11-24)9-22-29(2,26)27/h4-5,8,10,12,14,22H,3,6-7,9,11H2,1-2H3. The Morgan fingerprint density at radius 2 is 2.14 bits per heavy atom. The normalized spacial score (nSPS) is 17.7. The Bertz CT molecular complexity index is 1120. The monoisotopic (exact) mass is 417 g/mol. The quantitative estimate of drug-likeness (QED) is 0.617. The van der Waals surface area contributed by atoms with Crippen LogP contribution < -0.4 is 9.62 Å². The Morgan fingerprint density at radius 1 is 1.28 bits per heavy atom. The highest BCUT2D eigenvalue weighted by atomic mass is 32.2. The van der Waals surface area contributed by atoms with E-state index in [0.29, 0.717) is 19.7 Å². The Labute approximate surface area is 169 Å². The average Bonchev–Trinajstić information content (AvgIpc) is 3.15. The summed E-state index contributed by atoms with van der Waals surface area (Å²) in [6, 6.07) is 5.81. The third-order valence-corrected chi connectivity index (χ3v) is 5.42. The summed E-state index contributed by atoms with van der Waals surface area (Å²) in [6.07, 6.45) is 5.00. The van der Waals surface area contributed by atoms with Gasteiger partial charge in [0.15, 0.2) is 5.65 Å². The molecule has 3 aromatic rings. The lowest BCUT2D eigenvalue weighted by molar-refractivity contribution is 0.0440. The van der Waals surface area contributed by atoms with Crippen molar-refractivity contribution < 1.29 is 13.2 Å². The van der Waals surface area contributed by atoms with Crippen LogP contribution >= 0.6 is 0 Å². The first-order valence-electron chi connectivity index (χ1n) is 9.40. The van der Waals surface area contributed by atoms with Crippen LogP contribution in [0.3, 0.4) is 0 Å². The smallest absolute Gasteiger partial charge is 0.208 e. The molecule has 1 saturated heterocycles. The first-order chi connectivity index (χ1) is 13.9. The van der Waals surface area contributed by atoms with Crippen molar-refractivity contribution in [3.05, 3.63) is 36.4 Å².